The van der Waals surface area contributed by atoms with E-state index in [1.807, 2.05) is 11.4 Å². The Morgan fingerprint density at radius 3 is 2.55 bits per heavy atom. The molecule has 1 aromatic heterocycles. The molecule has 2 aromatic carbocycles. The van der Waals surface area contributed by atoms with Crippen molar-refractivity contribution in [1.29, 1.82) is 5.26 Å². The fourth-order valence-electron chi connectivity index (χ4n) is 3.19. The highest BCUT2D eigenvalue weighted by atomic mass is 32.1. The highest BCUT2D eigenvalue weighted by molar-refractivity contribution is 7.14. The molecule has 0 saturated heterocycles. The first-order chi connectivity index (χ1) is 13.9. The SMILES string of the molecule is COc1cc(C#N)ccc1OCC(=O)Nc1nc(-c2c(C)cc(C)cc2C)cs1. The predicted octanol–water partition coefficient (Wildman–Crippen LogP) is 4.63. The van der Waals surface area contributed by atoms with E-state index in [0.29, 0.717) is 22.2 Å². The van der Waals surface area contributed by atoms with Crippen LogP contribution in [0.5, 0.6) is 11.5 Å². The predicted molar refractivity (Wildman–Crippen MR) is 114 cm³/mol. The van der Waals surface area contributed by atoms with Gasteiger partial charge >= 0.3 is 0 Å². The van der Waals surface area contributed by atoms with Crippen LogP contribution < -0.4 is 14.8 Å². The first-order valence-electron chi connectivity index (χ1n) is 8.95. The summed E-state index contributed by atoms with van der Waals surface area (Å²) in [7, 11) is 1.48. The zero-order chi connectivity index (χ0) is 21.0. The highest BCUT2D eigenvalue weighted by Gasteiger charge is 2.13. The molecule has 0 spiro atoms. The smallest absolute Gasteiger partial charge is 0.264 e. The van der Waals surface area contributed by atoms with Crippen molar-refractivity contribution >= 4 is 22.4 Å². The third kappa shape index (κ3) is 4.73. The van der Waals surface area contributed by atoms with Crippen molar-refractivity contribution in [2.24, 2.45) is 0 Å². The van der Waals surface area contributed by atoms with Gasteiger partial charge in [-0.15, -0.1) is 11.3 Å². The summed E-state index contributed by atoms with van der Waals surface area (Å²) in [6, 6.07) is 11.1. The molecule has 0 atom stereocenters. The Bertz CT molecular complexity index is 1080. The van der Waals surface area contributed by atoms with Crippen LogP contribution in [0.25, 0.3) is 11.3 Å². The number of ether oxygens (including phenoxy) is 2. The summed E-state index contributed by atoms with van der Waals surface area (Å²) in [5, 5.41) is 14.2. The van der Waals surface area contributed by atoms with E-state index in [1.54, 1.807) is 18.2 Å². The van der Waals surface area contributed by atoms with Gasteiger partial charge in [0.25, 0.3) is 5.91 Å². The van der Waals surface area contributed by atoms with Gasteiger partial charge in [0.15, 0.2) is 23.2 Å². The molecule has 0 aliphatic heterocycles. The number of anilines is 1. The lowest BCUT2D eigenvalue weighted by molar-refractivity contribution is -0.118. The molecule has 0 aliphatic rings. The van der Waals surface area contributed by atoms with Crippen molar-refractivity contribution in [3.63, 3.8) is 0 Å². The van der Waals surface area contributed by atoms with E-state index < -0.39 is 0 Å². The number of aromatic nitrogens is 1. The van der Waals surface area contributed by atoms with Gasteiger partial charge in [0.1, 0.15) is 0 Å². The Morgan fingerprint density at radius 2 is 1.90 bits per heavy atom. The Morgan fingerprint density at radius 1 is 1.17 bits per heavy atom. The summed E-state index contributed by atoms with van der Waals surface area (Å²) in [4.78, 5) is 16.8. The molecule has 0 fully saturated rings. The number of thiazole rings is 1. The maximum absolute atomic E-state index is 12.3. The molecule has 3 aromatic rings. The quantitative estimate of drug-likeness (QED) is 0.644. The van der Waals surface area contributed by atoms with E-state index in [-0.39, 0.29) is 12.5 Å². The van der Waals surface area contributed by atoms with Crippen molar-refractivity contribution < 1.29 is 14.3 Å². The first-order valence-corrected chi connectivity index (χ1v) is 9.83. The molecule has 0 radical (unpaired) electrons. The summed E-state index contributed by atoms with van der Waals surface area (Å²) in [5.41, 5.74) is 5.91. The molecule has 7 heteroatoms. The molecule has 1 amide bonds. The van der Waals surface area contributed by atoms with Gasteiger partial charge in [-0.25, -0.2) is 4.98 Å². The average molecular weight is 407 g/mol. The fourth-order valence-corrected chi connectivity index (χ4v) is 3.90. The molecule has 148 valence electrons. The number of carbonyl (C=O) groups is 1. The largest absolute Gasteiger partial charge is 0.493 e. The van der Waals surface area contributed by atoms with E-state index in [9.17, 15) is 4.79 Å². The van der Waals surface area contributed by atoms with Crippen LogP contribution >= 0.6 is 11.3 Å². The van der Waals surface area contributed by atoms with Gasteiger partial charge in [-0.05, 0) is 44.0 Å². The Kier molecular flexibility index (Phi) is 6.15. The van der Waals surface area contributed by atoms with E-state index in [2.05, 4.69) is 43.2 Å². The number of methoxy groups -OCH3 is 1. The normalized spacial score (nSPS) is 10.3. The number of benzene rings is 2. The minimum atomic E-state index is -0.324. The van der Waals surface area contributed by atoms with Gasteiger partial charge in [0, 0.05) is 17.0 Å². The second-order valence-electron chi connectivity index (χ2n) is 6.63. The summed E-state index contributed by atoms with van der Waals surface area (Å²) < 4.78 is 10.7. The van der Waals surface area contributed by atoms with Crippen molar-refractivity contribution in [3.8, 4) is 28.8 Å². The van der Waals surface area contributed by atoms with E-state index in [4.69, 9.17) is 14.7 Å². The van der Waals surface area contributed by atoms with Crippen LogP contribution in [-0.2, 0) is 4.79 Å². The Balaban J connectivity index is 1.67. The average Bonchev–Trinajstić information content (AvgIpc) is 3.13. The summed E-state index contributed by atoms with van der Waals surface area (Å²) in [6.07, 6.45) is 0. The van der Waals surface area contributed by atoms with Crippen LogP contribution in [0.4, 0.5) is 5.13 Å². The van der Waals surface area contributed by atoms with E-state index in [0.717, 1.165) is 22.4 Å². The number of amides is 1. The second-order valence-corrected chi connectivity index (χ2v) is 7.48. The molecule has 0 aliphatic carbocycles. The standard InChI is InChI=1S/C22H21N3O3S/c1-13-7-14(2)21(15(3)8-13)17-12-29-22(24-17)25-20(26)11-28-18-6-5-16(10-23)9-19(18)27-4/h5-9,12H,11H2,1-4H3,(H,24,25,26). The minimum Gasteiger partial charge on any atom is -0.493 e. The number of aryl methyl sites for hydroxylation is 3. The number of rotatable bonds is 6. The molecule has 6 nitrogen and oxygen atoms in total. The molecular weight excluding hydrogens is 386 g/mol. The zero-order valence-electron chi connectivity index (χ0n) is 16.7. The summed E-state index contributed by atoms with van der Waals surface area (Å²) in [6.45, 7) is 6.00. The molecule has 0 bridgehead atoms. The van der Waals surface area contributed by atoms with E-state index >= 15 is 0 Å². The van der Waals surface area contributed by atoms with Gasteiger partial charge in [0.2, 0.25) is 0 Å². The number of nitrogens with one attached hydrogen (secondary N) is 1. The number of nitrogens with zero attached hydrogens (tertiary/aromatic N) is 2. The Hall–Kier alpha value is -3.37. The highest BCUT2D eigenvalue weighted by Crippen LogP contribution is 2.31. The van der Waals surface area contributed by atoms with Crippen molar-refractivity contribution in [3.05, 3.63) is 58.0 Å². The van der Waals surface area contributed by atoms with Crippen LogP contribution in [0.2, 0.25) is 0 Å². The number of nitriles is 1. The lowest BCUT2D eigenvalue weighted by atomic mass is 9.98. The number of carbonyl (C=O) groups excluding carboxylic acids is 1. The maximum Gasteiger partial charge on any atom is 0.264 e. The van der Waals surface area contributed by atoms with Gasteiger partial charge in [0.05, 0.1) is 24.4 Å². The summed E-state index contributed by atoms with van der Waals surface area (Å²) in [5.74, 6) is 0.473. The van der Waals surface area contributed by atoms with Crippen LogP contribution in [0.15, 0.2) is 35.7 Å². The van der Waals surface area contributed by atoms with Crippen molar-refractivity contribution in [1.82, 2.24) is 4.98 Å². The van der Waals surface area contributed by atoms with Gasteiger partial charge in [-0.1, -0.05) is 17.7 Å². The topological polar surface area (TPSA) is 84.2 Å². The molecule has 0 unspecified atom stereocenters. The van der Waals surface area contributed by atoms with E-state index in [1.165, 1.54) is 24.0 Å². The van der Waals surface area contributed by atoms with Gasteiger partial charge < -0.3 is 9.47 Å². The third-order valence-electron chi connectivity index (χ3n) is 4.34. The first kappa shape index (κ1) is 20.4. The van der Waals surface area contributed by atoms with Crippen LogP contribution in [-0.4, -0.2) is 24.6 Å². The van der Waals surface area contributed by atoms with Crippen LogP contribution in [0, 0.1) is 32.1 Å². The molecular formula is C22H21N3O3S. The lowest BCUT2D eigenvalue weighted by Crippen LogP contribution is -2.20. The number of hydrogen-bond acceptors (Lipinski definition) is 6. The third-order valence-corrected chi connectivity index (χ3v) is 5.09. The van der Waals surface area contributed by atoms with Gasteiger partial charge in [-0.2, -0.15) is 5.26 Å². The molecule has 29 heavy (non-hydrogen) atoms. The number of hydrogen-bond donors (Lipinski definition) is 1. The second kappa shape index (κ2) is 8.76. The minimum absolute atomic E-state index is 0.195. The fraction of sp³-hybridized carbons (Fsp3) is 0.227. The lowest BCUT2D eigenvalue weighted by Gasteiger charge is -2.10. The maximum atomic E-state index is 12.3. The molecule has 3 rings (SSSR count). The monoisotopic (exact) mass is 407 g/mol. The molecule has 1 N–H and O–H groups in total. The van der Waals surface area contributed by atoms with Crippen LogP contribution in [0.1, 0.15) is 22.3 Å². The molecule has 1 heterocycles. The summed E-state index contributed by atoms with van der Waals surface area (Å²) >= 11 is 1.37. The van der Waals surface area contributed by atoms with Crippen molar-refractivity contribution in [2.45, 2.75) is 20.8 Å². The molecule has 0 saturated carbocycles. The van der Waals surface area contributed by atoms with Crippen molar-refractivity contribution in [2.75, 3.05) is 19.0 Å². The van der Waals surface area contributed by atoms with Gasteiger partial charge in [-0.3, -0.25) is 10.1 Å². The zero-order valence-corrected chi connectivity index (χ0v) is 17.5. The Labute approximate surface area is 173 Å². The van der Waals surface area contributed by atoms with Crippen LogP contribution in [0.3, 0.4) is 0 Å².